The summed E-state index contributed by atoms with van der Waals surface area (Å²) in [7, 11) is 2.09. The number of halogens is 1. The fourth-order valence-corrected chi connectivity index (χ4v) is 3.15. The van der Waals surface area contributed by atoms with Crippen molar-refractivity contribution in [2.75, 3.05) is 13.6 Å². The number of nitrogens with two attached hydrogens (primary N) is 1. The summed E-state index contributed by atoms with van der Waals surface area (Å²) in [5.41, 5.74) is 6.61. The van der Waals surface area contributed by atoms with Crippen molar-refractivity contribution in [2.45, 2.75) is 38.3 Å². The summed E-state index contributed by atoms with van der Waals surface area (Å²) < 4.78 is 13.8. The van der Waals surface area contributed by atoms with Crippen molar-refractivity contribution in [1.82, 2.24) is 4.90 Å². The minimum absolute atomic E-state index is 0.100. The topological polar surface area (TPSA) is 29.3 Å². The summed E-state index contributed by atoms with van der Waals surface area (Å²) in [6.45, 7) is 2.81. The summed E-state index contributed by atoms with van der Waals surface area (Å²) >= 11 is 0. The fourth-order valence-electron chi connectivity index (χ4n) is 3.15. The second kappa shape index (κ2) is 5.81. The third-order valence-electron chi connectivity index (χ3n) is 4.41. The standard InChI is InChI=1S/C15H23FN2/c1-11(13-7-3-4-8-14(13)16)18(2)15-9-5-6-12(15)10-17/h3-4,7-8,11-12,15H,5-6,9-10,17H2,1-2H3. The zero-order valence-electron chi connectivity index (χ0n) is 11.3. The Hall–Kier alpha value is -0.930. The quantitative estimate of drug-likeness (QED) is 0.890. The van der Waals surface area contributed by atoms with Gasteiger partial charge in [-0.2, -0.15) is 0 Å². The monoisotopic (exact) mass is 250 g/mol. The molecule has 1 fully saturated rings. The minimum Gasteiger partial charge on any atom is -0.330 e. The molecular formula is C15H23FN2. The molecule has 2 N–H and O–H groups in total. The molecule has 1 aliphatic carbocycles. The Morgan fingerprint density at radius 2 is 2.11 bits per heavy atom. The van der Waals surface area contributed by atoms with Crippen LogP contribution in [0.25, 0.3) is 0 Å². The third kappa shape index (κ3) is 2.57. The van der Waals surface area contributed by atoms with Crippen molar-refractivity contribution in [3.8, 4) is 0 Å². The molecule has 0 saturated heterocycles. The van der Waals surface area contributed by atoms with E-state index in [4.69, 9.17) is 5.73 Å². The molecule has 3 atom stereocenters. The number of rotatable bonds is 4. The number of hydrogen-bond acceptors (Lipinski definition) is 2. The van der Waals surface area contributed by atoms with Crippen molar-refractivity contribution in [3.63, 3.8) is 0 Å². The molecule has 1 aliphatic rings. The van der Waals surface area contributed by atoms with E-state index in [0.29, 0.717) is 12.0 Å². The molecule has 100 valence electrons. The van der Waals surface area contributed by atoms with Gasteiger partial charge in [0, 0.05) is 17.6 Å². The van der Waals surface area contributed by atoms with Gasteiger partial charge in [0.15, 0.2) is 0 Å². The Morgan fingerprint density at radius 1 is 1.39 bits per heavy atom. The van der Waals surface area contributed by atoms with Gasteiger partial charge in [-0.1, -0.05) is 24.6 Å². The summed E-state index contributed by atoms with van der Waals surface area (Å²) in [6.07, 6.45) is 3.62. The average Bonchev–Trinajstić information content (AvgIpc) is 2.86. The summed E-state index contributed by atoms with van der Waals surface area (Å²) in [5.74, 6) is 0.448. The van der Waals surface area contributed by atoms with E-state index in [1.165, 1.54) is 25.3 Å². The lowest BCUT2D eigenvalue weighted by atomic mass is 9.99. The summed E-state index contributed by atoms with van der Waals surface area (Å²) in [4.78, 5) is 2.29. The van der Waals surface area contributed by atoms with Crippen LogP contribution >= 0.6 is 0 Å². The first-order valence-electron chi connectivity index (χ1n) is 6.81. The smallest absolute Gasteiger partial charge is 0.127 e. The molecule has 2 rings (SSSR count). The Labute approximate surface area is 109 Å². The van der Waals surface area contributed by atoms with Crippen LogP contribution in [0.3, 0.4) is 0 Å². The molecule has 1 aromatic rings. The molecule has 0 aromatic heterocycles. The van der Waals surface area contributed by atoms with E-state index in [1.54, 1.807) is 6.07 Å². The Balaban J connectivity index is 2.13. The van der Waals surface area contributed by atoms with E-state index in [2.05, 4.69) is 18.9 Å². The number of nitrogens with zero attached hydrogens (tertiary/aromatic N) is 1. The van der Waals surface area contributed by atoms with E-state index >= 15 is 0 Å². The second-order valence-corrected chi connectivity index (χ2v) is 5.36. The van der Waals surface area contributed by atoms with E-state index in [9.17, 15) is 4.39 Å². The second-order valence-electron chi connectivity index (χ2n) is 5.36. The molecule has 1 aromatic carbocycles. The summed E-state index contributed by atoms with van der Waals surface area (Å²) in [5, 5.41) is 0. The highest BCUT2D eigenvalue weighted by Gasteiger charge is 2.32. The zero-order chi connectivity index (χ0) is 13.1. The van der Waals surface area contributed by atoms with Gasteiger partial charge in [-0.3, -0.25) is 4.90 Å². The van der Waals surface area contributed by atoms with Gasteiger partial charge in [0.1, 0.15) is 5.82 Å². The molecule has 0 radical (unpaired) electrons. The zero-order valence-corrected chi connectivity index (χ0v) is 11.3. The van der Waals surface area contributed by atoms with E-state index < -0.39 is 0 Å². The lowest BCUT2D eigenvalue weighted by Gasteiger charge is -2.34. The highest BCUT2D eigenvalue weighted by Crippen LogP contribution is 2.33. The SMILES string of the molecule is CC(c1ccccc1F)N(C)C1CCCC1CN. The normalized spacial score (nSPS) is 25.6. The Morgan fingerprint density at radius 3 is 2.78 bits per heavy atom. The third-order valence-corrected chi connectivity index (χ3v) is 4.41. The van der Waals surface area contributed by atoms with Gasteiger partial charge in [-0.25, -0.2) is 4.39 Å². The van der Waals surface area contributed by atoms with Gasteiger partial charge in [-0.15, -0.1) is 0 Å². The lowest BCUT2D eigenvalue weighted by Crippen LogP contribution is -2.39. The molecular weight excluding hydrogens is 227 g/mol. The van der Waals surface area contributed by atoms with Crippen molar-refractivity contribution in [1.29, 1.82) is 0 Å². The predicted octanol–water partition coefficient (Wildman–Crippen LogP) is 2.95. The van der Waals surface area contributed by atoms with Crippen LogP contribution in [0.5, 0.6) is 0 Å². The van der Waals surface area contributed by atoms with Crippen molar-refractivity contribution in [3.05, 3.63) is 35.6 Å². The molecule has 0 aliphatic heterocycles. The first-order valence-corrected chi connectivity index (χ1v) is 6.81. The van der Waals surface area contributed by atoms with Crippen LogP contribution < -0.4 is 5.73 Å². The summed E-state index contributed by atoms with van der Waals surface area (Å²) in [6, 6.07) is 7.65. The van der Waals surface area contributed by atoms with E-state index in [1.807, 2.05) is 12.1 Å². The first kappa shape index (κ1) is 13.5. The molecule has 3 unspecified atom stereocenters. The van der Waals surface area contributed by atoms with Crippen LogP contribution in [0.1, 0.15) is 37.8 Å². The van der Waals surface area contributed by atoms with Gasteiger partial charge in [0.25, 0.3) is 0 Å². The van der Waals surface area contributed by atoms with E-state index in [0.717, 1.165) is 12.1 Å². The van der Waals surface area contributed by atoms with E-state index in [-0.39, 0.29) is 11.9 Å². The van der Waals surface area contributed by atoms with Gasteiger partial charge in [0.2, 0.25) is 0 Å². The van der Waals surface area contributed by atoms with Gasteiger partial charge in [-0.05, 0) is 45.3 Å². The number of benzene rings is 1. The molecule has 1 saturated carbocycles. The first-order chi connectivity index (χ1) is 8.65. The highest BCUT2D eigenvalue weighted by atomic mass is 19.1. The van der Waals surface area contributed by atoms with Crippen LogP contribution in [0.2, 0.25) is 0 Å². The van der Waals surface area contributed by atoms with Gasteiger partial charge >= 0.3 is 0 Å². The minimum atomic E-state index is -0.112. The molecule has 18 heavy (non-hydrogen) atoms. The maximum Gasteiger partial charge on any atom is 0.127 e. The molecule has 0 bridgehead atoms. The van der Waals surface area contributed by atoms with Crippen molar-refractivity contribution >= 4 is 0 Å². The van der Waals surface area contributed by atoms with Crippen LogP contribution in [0.15, 0.2) is 24.3 Å². The van der Waals surface area contributed by atoms with Crippen LogP contribution in [0, 0.1) is 11.7 Å². The van der Waals surface area contributed by atoms with Gasteiger partial charge < -0.3 is 5.73 Å². The van der Waals surface area contributed by atoms with Crippen molar-refractivity contribution in [2.24, 2.45) is 11.7 Å². The predicted molar refractivity (Wildman–Crippen MR) is 72.8 cm³/mol. The van der Waals surface area contributed by atoms with Crippen LogP contribution in [-0.2, 0) is 0 Å². The maximum absolute atomic E-state index is 13.8. The highest BCUT2D eigenvalue weighted by molar-refractivity contribution is 5.21. The molecule has 2 nitrogen and oxygen atoms in total. The van der Waals surface area contributed by atoms with Gasteiger partial charge in [0.05, 0.1) is 0 Å². The maximum atomic E-state index is 13.8. The lowest BCUT2D eigenvalue weighted by molar-refractivity contribution is 0.150. The van der Waals surface area contributed by atoms with Crippen LogP contribution in [0.4, 0.5) is 4.39 Å². The largest absolute Gasteiger partial charge is 0.330 e. The average molecular weight is 250 g/mol. The molecule has 0 amide bonds. The molecule has 3 heteroatoms. The van der Waals surface area contributed by atoms with Crippen LogP contribution in [-0.4, -0.2) is 24.5 Å². The number of hydrogen-bond donors (Lipinski definition) is 1. The fraction of sp³-hybridized carbons (Fsp3) is 0.600. The van der Waals surface area contributed by atoms with Crippen molar-refractivity contribution < 1.29 is 4.39 Å². The molecule has 0 heterocycles. The Kier molecular flexibility index (Phi) is 4.36. The Bertz CT molecular complexity index is 394. The molecule has 0 spiro atoms.